The number of nitrogens with zero attached hydrogens (tertiary/aromatic N) is 3. The third-order valence-electron chi connectivity index (χ3n) is 7.10. The Bertz CT molecular complexity index is 1200. The minimum absolute atomic E-state index is 0.0417. The number of carbonyl (C=O) groups is 1. The molecule has 7 heteroatoms. The quantitative estimate of drug-likeness (QED) is 0.549. The molecule has 182 valence electrons. The van der Waals surface area contributed by atoms with Gasteiger partial charge in [0.15, 0.2) is 0 Å². The topological polar surface area (TPSA) is 67.4 Å². The monoisotopic (exact) mass is 474 g/mol. The number of aromatic nitrogens is 2. The largest absolute Gasteiger partial charge is 0.377 e. The number of ether oxygens (including phenoxy) is 1. The van der Waals surface area contributed by atoms with Crippen LogP contribution in [0.2, 0.25) is 0 Å². The van der Waals surface area contributed by atoms with Crippen molar-refractivity contribution in [2.45, 2.75) is 45.6 Å². The van der Waals surface area contributed by atoms with E-state index in [9.17, 15) is 9.18 Å². The first-order valence-corrected chi connectivity index (χ1v) is 12.2. The second-order valence-electron chi connectivity index (χ2n) is 9.94. The summed E-state index contributed by atoms with van der Waals surface area (Å²) in [7, 11) is 0. The molecule has 2 saturated heterocycles. The number of hydrogen-bond acceptors (Lipinski definition) is 5. The summed E-state index contributed by atoms with van der Waals surface area (Å²) in [6, 6.07) is 16.2. The number of benzene rings is 2. The fourth-order valence-electron chi connectivity index (χ4n) is 5.31. The van der Waals surface area contributed by atoms with E-state index in [1.54, 1.807) is 12.1 Å². The molecule has 6 nitrogen and oxygen atoms in total. The van der Waals surface area contributed by atoms with Crippen molar-refractivity contribution in [1.82, 2.24) is 14.9 Å². The smallest absolute Gasteiger partial charge is 0.253 e. The van der Waals surface area contributed by atoms with Crippen LogP contribution in [0.25, 0.3) is 0 Å². The first kappa shape index (κ1) is 23.4. The zero-order valence-electron chi connectivity index (χ0n) is 20.3. The van der Waals surface area contributed by atoms with Crippen LogP contribution in [0.5, 0.6) is 0 Å². The summed E-state index contributed by atoms with van der Waals surface area (Å²) in [5.74, 6) is 0.365. The van der Waals surface area contributed by atoms with Gasteiger partial charge in [0.2, 0.25) is 5.95 Å². The lowest BCUT2D eigenvalue weighted by molar-refractivity contribution is 0.0496. The van der Waals surface area contributed by atoms with Crippen LogP contribution >= 0.6 is 0 Å². The molecule has 0 saturated carbocycles. The van der Waals surface area contributed by atoms with E-state index in [1.807, 2.05) is 55.1 Å². The maximum Gasteiger partial charge on any atom is 0.253 e. The van der Waals surface area contributed by atoms with E-state index in [0.29, 0.717) is 31.2 Å². The molecule has 1 aromatic heterocycles. The molecule has 0 bridgehead atoms. The Morgan fingerprint density at radius 2 is 1.83 bits per heavy atom. The Hall–Kier alpha value is -3.32. The summed E-state index contributed by atoms with van der Waals surface area (Å²) in [6.07, 6.45) is 3.64. The van der Waals surface area contributed by atoms with Crippen LogP contribution in [-0.4, -0.2) is 46.6 Å². The Kier molecular flexibility index (Phi) is 6.52. The second kappa shape index (κ2) is 9.74. The van der Waals surface area contributed by atoms with Gasteiger partial charge in [-0.15, -0.1) is 0 Å². The van der Waals surface area contributed by atoms with E-state index in [4.69, 9.17) is 4.74 Å². The number of aryl methyl sites for hydroxylation is 2. The zero-order valence-corrected chi connectivity index (χ0v) is 20.3. The standard InChI is InChI=1S/C28H31FN4O2/c1-19-13-20(2)31-27(30-19)32-24-8-4-6-22(16-24)26(34)33-11-9-28(10-12-33)17-25(35-18-28)15-21-5-3-7-23(29)14-21/h3-8,13-14,16,25H,9-12,15,17-18H2,1-2H3,(H,30,31,32)/t25-/m0/s1. The van der Waals surface area contributed by atoms with Gasteiger partial charge >= 0.3 is 0 Å². The van der Waals surface area contributed by atoms with Crippen molar-refractivity contribution in [3.63, 3.8) is 0 Å². The molecule has 3 heterocycles. The molecule has 3 aromatic rings. The van der Waals surface area contributed by atoms with E-state index < -0.39 is 0 Å². The lowest BCUT2D eigenvalue weighted by Crippen LogP contribution is -2.43. The predicted octanol–water partition coefficient (Wildman–Crippen LogP) is 5.23. The van der Waals surface area contributed by atoms with Crippen LogP contribution in [0.3, 0.4) is 0 Å². The zero-order chi connectivity index (χ0) is 24.4. The molecule has 1 atom stereocenters. The van der Waals surface area contributed by atoms with Gasteiger partial charge in [-0.3, -0.25) is 4.79 Å². The van der Waals surface area contributed by atoms with Gasteiger partial charge in [0.05, 0.1) is 12.7 Å². The van der Waals surface area contributed by atoms with Gasteiger partial charge in [0.25, 0.3) is 5.91 Å². The van der Waals surface area contributed by atoms with Crippen LogP contribution in [0.4, 0.5) is 16.0 Å². The van der Waals surface area contributed by atoms with Gasteiger partial charge in [0.1, 0.15) is 5.82 Å². The van der Waals surface area contributed by atoms with Crippen LogP contribution in [-0.2, 0) is 11.2 Å². The lowest BCUT2D eigenvalue weighted by Gasteiger charge is -2.38. The average Bonchev–Trinajstić information content (AvgIpc) is 3.20. The van der Waals surface area contributed by atoms with E-state index in [1.165, 1.54) is 6.07 Å². The summed E-state index contributed by atoms with van der Waals surface area (Å²) in [4.78, 5) is 24.0. The number of halogens is 1. The molecule has 1 N–H and O–H groups in total. The number of amides is 1. The Labute approximate surface area is 205 Å². The van der Waals surface area contributed by atoms with Crippen LogP contribution in [0.15, 0.2) is 54.6 Å². The molecule has 0 aliphatic carbocycles. The maximum absolute atomic E-state index is 13.5. The molecule has 1 amide bonds. The highest BCUT2D eigenvalue weighted by atomic mass is 19.1. The number of nitrogens with one attached hydrogen (secondary N) is 1. The minimum Gasteiger partial charge on any atom is -0.377 e. The van der Waals surface area contributed by atoms with Crippen LogP contribution in [0, 0.1) is 25.1 Å². The fraction of sp³-hybridized carbons (Fsp3) is 0.393. The SMILES string of the molecule is Cc1cc(C)nc(Nc2cccc(C(=O)N3CCC4(CC3)CO[C@@H](Cc3cccc(F)c3)C4)c2)n1. The Morgan fingerprint density at radius 1 is 1.09 bits per heavy atom. The number of hydrogen-bond donors (Lipinski definition) is 1. The van der Waals surface area contributed by atoms with Crippen molar-refractivity contribution in [2.24, 2.45) is 5.41 Å². The van der Waals surface area contributed by atoms with Crippen LogP contribution in [0.1, 0.15) is 46.6 Å². The highest BCUT2D eigenvalue weighted by molar-refractivity contribution is 5.95. The van der Waals surface area contributed by atoms with E-state index >= 15 is 0 Å². The molecule has 5 rings (SSSR count). The highest BCUT2D eigenvalue weighted by Crippen LogP contribution is 2.43. The normalized spacial score (nSPS) is 19.2. The summed E-state index contributed by atoms with van der Waals surface area (Å²) in [6.45, 7) is 6.01. The number of rotatable bonds is 5. The summed E-state index contributed by atoms with van der Waals surface area (Å²) in [5, 5.41) is 3.22. The number of piperidine rings is 1. The van der Waals surface area contributed by atoms with Gasteiger partial charge in [-0.2, -0.15) is 0 Å². The van der Waals surface area contributed by atoms with Crippen molar-refractivity contribution in [1.29, 1.82) is 0 Å². The molecular formula is C28H31FN4O2. The van der Waals surface area contributed by atoms with E-state index in [0.717, 1.165) is 48.3 Å². The van der Waals surface area contributed by atoms with Gasteiger partial charge in [-0.25, -0.2) is 14.4 Å². The number of carbonyl (C=O) groups excluding carboxylic acids is 1. The van der Waals surface area contributed by atoms with Crippen molar-refractivity contribution >= 4 is 17.5 Å². The van der Waals surface area contributed by atoms with E-state index in [-0.39, 0.29) is 23.2 Å². The third kappa shape index (κ3) is 5.51. The maximum atomic E-state index is 13.5. The average molecular weight is 475 g/mol. The Balaban J connectivity index is 1.18. The first-order chi connectivity index (χ1) is 16.9. The van der Waals surface area contributed by atoms with E-state index in [2.05, 4.69) is 15.3 Å². The third-order valence-corrected chi connectivity index (χ3v) is 7.10. The number of likely N-dealkylation sites (tertiary alicyclic amines) is 1. The summed E-state index contributed by atoms with van der Waals surface area (Å²) < 4.78 is 19.6. The molecule has 2 aromatic carbocycles. The van der Waals surface area contributed by atoms with Crippen molar-refractivity contribution in [3.05, 3.63) is 82.9 Å². The van der Waals surface area contributed by atoms with Gasteiger partial charge in [-0.1, -0.05) is 18.2 Å². The Morgan fingerprint density at radius 3 is 2.57 bits per heavy atom. The molecule has 0 radical (unpaired) electrons. The summed E-state index contributed by atoms with van der Waals surface area (Å²) in [5.41, 5.74) is 4.31. The molecule has 2 fully saturated rings. The molecule has 35 heavy (non-hydrogen) atoms. The number of anilines is 2. The van der Waals surface area contributed by atoms with Crippen molar-refractivity contribution in [2.75, 3.05) is 25.0 Å². The first-order valence-electron chi connectivity index (χ1n) is 12.2. The van der Waals surface area contributed by atoms with Crippen molar-refractivity contribution < 1.29 is 13.9 Å². The highest BCUT2D eigenvalue weighted by Gasteiger charge is 2.43. The summed E-state index contributed by atoms with van der Waals surface area (Å²) >= 11 is 0. The predicted molar refractivity (Wildman–Crippen MR) is 133 cm³/mol. The lowest BCUT2D eigenvalue weighted by atomic mass is 9.76. The molecule has 2 aliphatic heterocycles. The fourth-order valence-corrected chi connectivity index (χ4v) is 5.31. The second-order valence-corrected chi connectivity index (χ2v) is 9.94. The molecule has 1 spiro atoms. The molecule has 0 unspecified atom stereocenters. The molecular weight excluding hydrogens is 443 g/mol. The minimum atomic E-state index is -0.206. The van der Waals surface area contributed by atoms with Gasteiger partial charge in [-0.05, 0) is 86.9 Å². The van der Waals surface area contributed by atoms with Gasteiger partial charge in [0, 0.05) is 35.7 Å². The van der Waals surface area contributed by atoms with Crippen LogP contribution < -0.4 is 5.32 Å². The van der Waals surface area contributed by atoms with Gasteiger partial charge < -0.3 is 15.0 Å². The van der Waals surface area contributed by atoms with Crippen molar-refractivity contribution in [3.8, 4) is 0 Å². The molecule has 2 aliphatic rings.